The molecule has 0 unspecified atom stereocenters. The molecule has 5 heteroatoms. The van der Waals surface area contributed by atoms with Gasteiger partial charge in [0.25, 0.3) is 0 Å². The van der Waals surface area contributed by atoms with Crippen LogP contribution in [0.1, 0.15) is 51.4 Å². The van der Waals surface area contributed by atoms with E-state index in [2.05, 4.69) is 15.0 Å². The predicted molar refractivity (Wildman–Crippen MR) is 72.4 cm³/mol. The Morgan fingerprint density at radius 2 is 2.06 bits per heavy atom. The molecule has 1 rings (SSSR count). The Balaban J connectivity index is 2.07. The SMILES string of the molecule is COC(=O)CCCCN=C(N)NC1CCCCC1. The molecule has 0 aliphatic heterocycles. The van der Waals surface area contributed by atoms with Gasteiger partial charge in [0.15, 0.2) is 5.96 Å². The van der Waals surface area contributed by atoms with Gasteiger partial charge < -0.3 is 15.8 Å². The second-order valence-corrected chi connectivity index (χ2v) is 4.78. The quantitative estimate of drug-likeness (QED) is 0.327. The number of carbonyl (C=O) groups is 1. The fraction of sp³-hybridized carbons (Fsp3) is 0.846. The van der Waals surface area contributed by atoms with Crippen molar-refractivity contribution >= 4 is 11.9 Å². The summed E-state index contributed by atoms with van der Waals surface area (Å²) in [6.07, 6.45) is 8.41. The number of methoxy groups -OCH3 is 1. The number of guanidine groups is 1. The van der Waals surface area contributed by atoms with Crippen molar-refractivity contribution in [3.8, 4) is 0 Å². The maximum absolute atomic E-state index is 10.9. The number of nitrogens with zero attached hydrogens (tertiary/aromatic N) is 1. The Labute approximate surface area is 109 Å². The van der Waals surface area contributed by atoms with Crippen molar-refractivity contribution in [1.82, 2.24) is 5.32 Å². The van der Waals surface area contributed by atoms with Gasteiger partial charge in [-0.05, 0) is 25.7 Å². The fourth-order valence-corrected chi connectivity index (χ4v) is 2.18. The highest BCUT2D eigenvalue weighted by molar-refractivity contribution is 5.78. The maximum Gasteiger partial charge on any atom is 0.305 e. The van der Waals surface area contributed by atoms with E-state index in [-0.39, 0.29) is 5.97 Å². The van der Waals surface area contributed by atoms with Crippen molar-refractivity contribution in [3.05, 3.63) is 0 Å². The van der Waals surface area contributed by atoms with Crippen molar-refractivity contribution in [2.45, 2.75) is 57.4 Å². The average Bonchev–Trinajstić information content (AvgIpc) is 2.39. The normalized spacial score (nSPS) is 17.5. The first-order valence-electron chi connectivity index (χ1n) is 6.85. The highest BCUT2D eigenvalue weighted by Crippen LogP contribution is 2.16. The number of nitrogens with two attached hydrogens (primary N) is 1. The molecule has 0 amide bonds. The average molecular weight is 255 g/mol. The van der Waals surface area contributed by atoms with Gasteiger partial charge in [-0.15, -0.1) is 0 Å². The smallest absolute Gasteiger partial charge is 0.305 e. The molecule has 0 aromatic heterocycles. The largest absolute Gasteiger partial charge is 0.469 e. The molecular formula is C13H25N3O2. The Morgan fingerprint density at radius 3 is 2.72 bits per heavy atom. The first-order chi connectivity index (χ1) is 8.72. The molecule has 1 aliphatic rings. The van der Waals surface area contributed by atoms with Gasteiger partial charge in [-0.25, -0.2) is 0 Å². The second-order valence-electron chi connectivity index (χ2n) is 4.78. The van der Waals surface area contributed by atoms with Gasteiger partial charge in [0.1, 0.15) is 0 Å². The third-order valence-electron chi connectivity index (χ3n) is 3.26. The summed E-state index contributed by atoms with van der Waals surface area (Å²) in [5, 5.41) is 3.27. The molecule has 3 N–H and O–H groups in total. The topological polar surface area (TPSA) is 76.7 Å². The minimum absolute atomic E-state index is 0.160. The lowest BCUT2D eigenvalue weighted by Crippen LogP contribution is -2.41. The molecule has 18 heavy (non-hydrogen) atoms. The lowest BCUT2D eigenvalue weighted by Gasteiger charge is -2.23. The molecule has 0 spiro atoms. The molecule has 104 valence electrons. The summed E-state index contributed by atoms with van der Waals surface area (Å²) in [5.74, 6) is 0.382. The maximum atomic E-state index is 10.9. The van der Waals surface area contributed by atoms with E-state index in [0.717, 1.165) is 12.8 Å². The Morgan fingerprint density at radius 1 is 1.33 bits per heavy atom. The Hall–Kier alpha value is -1.26. The molecule has 0 radical (unpaired) electrons. The second kappa shape index (κ2) is 8.78. The van der Waals surface area contributed by atoms with Crippen LogP contribution >= 0.6 is 0 Å². The van der Waals surface area contributed by atoms with E-state index >= 15 is 0 Å². The minimum Gasteiger partial charge on any atom is -0.469 e. The van der Waals surface area contributed by atoms with E-state index < -0.39 is 0 Å². The number of esters is 1. The van der Waals surface area contributed by atoms with Gasteiger partial charge in [-0.1, -0.05) is 19.3 Å². The van der Waals surface area contributed by atoms with E-state index in [4.69, 9.17) is 5.73 Å². The fourth-order valence-electron chi connectivity index (χ4n) is 2.18. The van der Waals surface area contributed by atoms with Crippen LogP contribution in [0.3, 0.4) is 0 Å². The molecule has 0 aromatic rings. The molecule has 0 aromatic carbocycles. The van der Waals surface area contributed by atoms with E-state index in [9.17, 15) is 4.79 Å². The highest BCUT2D eigenvalue weighted by atomic mass is 16.5. The summed E-state index contributed by atoms with van der Waals surface area (Å²) in [7, 11) is 1.41. The Bertz CT molecular complexity index is 273. The molecule has 0 bridgehead atoms. The number of aliphatic imine (C=N–C) groups is 1. The van der Waals surface area contributed by atoms with Crippen LogP contribution in [-0.4, -0.2) is 31.6 Å². The van der Waals surface area contributed by atoms with Crippen molar-refractivity contribution in [2.75, 3.05) is 13.7 Å². The van der Waals surface area contributed by atoms with Crippen LogP contribution < -0.4 is 11.1 Å². The molecule has 0 atom stereocenters. The number of hydrogen-bond donors (Lipinski definition) is 2. The van der Waals surface area contributed by atoms with Gasteiger partial charge in [-0.2, -0.15) is 0 Å². The van der Waals surface area contributed by atoms with Gasteiger partial charge in [-0.3, -0.25) is 9.79 Å². The molecule has 1 saturated carbocycles. The van der Waals surface area contributed by atoms with Crippen LogP contribution in [0.15, 0.2) is 4.99 Å². The van der Waals surface area contributed by atoms with Crippen LogP contribution in [0.4, 0.5) is 0 Å². The molecule has 1 aliphatic carbocycles. The molecule has 5 nitrogen and oxygen atoms in total. The summed E-state index contributed by atoms with van der Waals surface area (Å²) in [6, 6.07) is 0.498. The van der Waals surface area contributed by atoms with Gasteiger partial charge in [0.2, 0.25) is 0 Å². The summed E-state index contributed by atoms with van der Waals surface area (Å²) >= 11 is 0. The summed E-state index contributed by atoms with van der Waals surface area (Å²) in [5.41, 5.74) is 5.82. The van der Waals surface area contributed by atoms with Crippen LogP contribution in [0.25, 0.3) is 0 Å². The summed E-state index contributed by atoms with van der Waals surface area (Å²) in [4.78, 5) is 15.1. The zero-order valence-electron chi connectivity index (χ0n) is 11.3. The monoisotopic (exact) mass is 255 g/mol. The Kier molecular flexibility index (Phi) is 7.22. The van der Waals surface area contributed by atoms with Crippen LogP contribution in [0.2, 0.25) is 0 Å². The third kappa shape index (κ3) is 6.47. The van der Waals surface area contributed by atoms with Gasteiger partial charge >= 0.3 is 5.97 Å². The first kappa shape index (κ1) is 14.8. The van der Waals surface area contributed by atoms with Crippen molar-refractivity contribution in [1.29, 1.82) is 0 Å². The van der Waals surface area contributed by atoms with Crippen LogP contribution in [0.5, 0.6) is 0 Å². The van der Waals surface area contributed by atoms with E-state index in [1.165, 1.54) is 39.2 Å². The molecule has 0 saturated heterocycles. The highest BCUT2D eigenvalue weighted by Gasteiger charge is 2.12. The minimum atomic E-state index is -0.160. The number of nitrogens with one attached hydrogen (secondary N) is 1. The lowest BCUT2D eigenvalue weighted by atomic mass is 9.96. The van der Waals surface area contributed by atoms with Crippen molar-refractivity contribution < 1.29 is 9.53 Å². The first-order valence-corrected chi connectivity index (χ1v) is 6.85. The molecular weight excluding hydrogens is 230 g/mol. The lowest BCUT2D eigenvalue weighted by molar-refractivity contribution is -0.140. The molecule has 1 fully saturated rings. The predicted octanol–water partition coefficient (Wildman–Crippen LogP) is 1.57. The van der Waals surface area contributed by atoms with E-state index in [1.54, 1.807) is 0 Å². The standard InChI is InChI=1S/C13H25N3O2/c1-18-12(17)9-5-6-10-15-13(14)16-11-7-3-2-4-8-11/h11H,2-10H2,1H3,(H3,14,15,16). The van der Waals surface area contributed by atoms with Crippen LogP contribution in [-0.2, 0) is 9.53 Å². The third-order valence-corrected chi connectivity index (χ3v) is 3.26. The van der Waals surface area contributed by atoms with E-state index in [0.29, 0.717) is 25.0 Å². The van der Waals surface area contributed by atoms with Crippen LogP contribution in [0, 0.1) is 0 Å². The number of unbranched alkanes of at least 4 members (excludes halogenated alkanes) is 1. The summed E-state index contributed by atoms with van der Waals surface area (Å²) < 4.78 is 4.57. The number of hydrogen-bond acceptors (Lipinski definition) is 3. The van der Waals surface area contributed by atoms with Crippen molar-refractivity contribution in [2.24, 2.45) is 10.7 Å². The van der Waals surface area contributed by atoms with Crippen molar-refractivity contribution in [3.63, 3.8) is 0 Å². The number of rotatable bonds is 6. The summed E-state index contributed by atoms with van der Waals surface area (Å²) in [6.45, 7) is 0.669. The van der Waals surface area contributed by atoms with E-state index in [1.807, 2.05) is 0 Å². The zero-order valence-corrected chi connectivity index (χ0v) is 11.3. The zero-order chi connectivity index (χ0) is 13.2. The van der Waals surface area contributed by atoms with Gasteiger partial charge in [0.05, 0.1) is 7.11 Å². The molecule has 0 heterocycles. The number of ether oxygens (including phenoxy) is 1. The van der Waals surface area contributed by atoms with Gasteiger partial charge in [0, 0.05) is 19.0 Å². The number of carbonyl (C=O) groups excluding carboxylic acids is 1.